The van der Waals surface area contributed by atoms with Crippen LogP contribution in [0.4, 0.5) is 13.6 Å². The Labute approximate surface area is 165 Å². The van der Waals surface area contributed by atoms with Crippen LogP contribution in [0.15, 0.2) is 48.5 Å². The van der Waals surface area contributed by atoms with Crippen molar-refractivity contribution < 1.29 is 33.3 Å². The number of carboxylic acid groups (broad SMARTS) is 1. The fourth-order valence-electron chi connectivity index (χ4n) is 4.09. The summed E-state index contributed by atoms with van der Waals surface area (Å²) in [6.45, 7) is -1.00. The van der Waals surface area contributed by atoms with Crippen LogP contribution in [0.3, 0.4) is 0 Å². The summed E-state index contributed by atoms with van der Waals surface area (Å²) in [4.78, 5) is 24.1. The third kappa shape index (κ3) is 3.04. The van der Waals surface area contributed by atoms with Crippen molar-refractivity contribution in [1.29, 1.82) is 0 Å². The van der Waals surface area contributed by atoms with E-state index >= 15 is 0 Å². The number of amides is 1. The second-order valence-corrected chi connectivity index (χ2v) is 7.39. The van der Waals surface area contributed by atoms with Crippen molar-refractivity contribution in [3.05, 3.63) is 59.7 Å². The van der Waals surface area contributed by atoms with Crippen LogP contribution in [0.1, 0.15) is 23.5 Å². The Hall–Kier alpha value is -3.00. The molecule has 0 saturated carbocycles. The van der Waals surface area contributed by atoms with E-state index in [-0.39, 0.29) is 19.1 Å². The molecule has 0 radical (unpaired) electrons. The van der Waals surface area contributed by atoms with Gasteiger partial charge in [0.2, 0.25) is 0 Å². The van der Waals surface area contributed by atoms with E-state index < -0.39 is 36.6 Å². The highest BCUT2D eigenvalue weighted by atomic mass is 19.3. The summed E-state index contributed by atoms with van der Waals surface area (Å²) in [5, 5.41) is 18.7. The van der Waals surface area contributed by atoms with Crippen molar-refractivity contribution in [3.8, 4) is 11.1 Å². The van der Waals surface area contributed by atoms with Gasteiger partial charge in [0.25, 0.3) is 0 Å². The number of alkyl halides is 2. The fourth-order valence-corrected chi connectivity index (χ4v) is 4.09. The van der Waals surface area contributed by atoms with Crippen molar-refractivity contribution in [3.63, 3.8) is 0 Å². The van der Waals surface area contributed by atoms with Gasteiger partial charge in [-0.05, 0) is 22.3 Å². The molecule has 6 nitrogen and oxygen atoms in total. The first kappa shape index (κ1) is 19.3. The van der Waals surface area contributed by atoms with Gasteiger partial charge in [-0.1, -0.05) is 48.5 Å². The van der Waals surface area contributed by atoms with Crippen LogP contribution in [0.5, 0.6) is 0 Å². The van der Waals surface area contributed by atoms with Gasteiger partial charge in [0, 0.05) is 18.9 Å². The first-order valence-electron chi connectivity index (χ1n) is 9.18. The number of carbonyl (C=O) groups is 2. The normalized spacial score (nSPS) is 21.0. The zero-order valence-corrected chi connectivity index (χ0v) is 15.3. The Morgan fingerprint density at radius 1 is 1.10 bits per heavy atom. The molecule has 1 aliphatic heterocycles. The molecule has 2 aromatic carbocycles. The van der Waals surface area contributed by atoms with Gasteiger partial charge in [0.05, 0.1) is 6.54 Å². The number of carbonyl (C=O) groups excluding carboxylic acids is 1. The van der Waals surface area contributed by atoms with Gasteiger partial charge in [-0.25, -0.2) is 9.59 Å². The molecule has 2 aliphatic rings. The molecular formula is C21H19F2NO5. The predicted molar refractivity (Wildman–Crippen MR) is 98.8 cm³/mol. The number of hydrogen-bond acceptors (Lipinski definition) is 4. The third-order valence-electron chi connectivity index (χ3n) is 5.70. The standard InChI is InChI=1S/C21H19F2NO5/c22-21(23,18(25)26)20(28)9-10-24(12-20)19(27)29-11-17-15-7-3-1-5-13(15)14-6-2-4-8-16(14)17/h1-8,17,28H,9-12H2,(H,25,26). The van der Waals surface area contributed by atoms with Crippen LogP contribution >= 0.6 is 0 Å². The maximum atomic E-state index is 13.8. The highest BCUT2D eigenvalue weighted by Gasteiger charge is 2.62. The summed E-state index contributed by atoms with van der Waals surface area (Å²) in [6, 6.07) is 15.5. The van der Waals surface area contributed by atoms with E-state index in [4.69, 9.17) is 9.84 Å². The smallest absolute Gasteiger partial charge is 0.409 e. The molecule has 2 aromatic rings. The molecule has 4 rings (SSSR count). The summed E-state index contributed by atoms with van der Waals surface area (Å²) in [7, 11) is 0. The SMILES string of the molecule is O=C(OCC1c2ccccc2-c2ccccc21)N1CCC(O)(C(F)(F)C(=O)O)C1. The van der Waals surface area contributed by atoms with Gasteiger partial charge in [-0.15, -0.1) is 0 Å². The number of hydrogen-bond donors (Lipinski definition) is 2. The zero-order valence-electron chi connectivity index (χ0n) is 15.3. The quantitative estimate of drug-likeness (QED) is 0.819. The highest BCUT2D eigenvalue weighted by Crippen LogP contribution is 2.44. The lowest BCUT2D eigenvalue weighted by Gasteiger charge is -2.28. The molecular weight excluding hydrogens is 384 g/mol. The Morgan fingerprint density at radius 3 is 2.21 bits per heavy atom. The monoisotopic (exact) mass is 403 g/mol. The van der Waals surface area contributed by atoms with Crippen LogP contribution in [0.2, 0.25) is 0 Å². The number of fused-ring (bicyclic) bond motifs is 3. The Kier molecular flexibility index (Phi) is 4.53. The number of nitrogens with zero attached hydrogens (tertiary/aromatic N) is 1. The second-order valence-electron chi connectivity index (χ2n) is 7.39. The maximum absolute atomic E-state index is 13.8. The molecule has 1 unspecified atom stereocenters. The first-order valence-corrected chi connectivity index (χ1v) is 9.18. The van der Waals surface area contributed by atoms with Crippen LogP contribution in [0.25, 0.3) is 11.1 Å². The molecule has 29 heavy (non-hydrogen) atoms. The molecule has 1 amide bonds. The van der Waals surface area contributed by atoms with E-state index in [0.29, 0.717) is 0 Å². The van der Waals surface area contributed by atoms with Gasteiger partial charge in [-0.3, -0.25) is 0 Å². The van der Waals surface area contributed by atoms with Gasteiger partial charge >= 0.3 is 18.0 Å². The summed E-state index contributed by atoms with van der Waals surface area (Å²) >= 11 is 0. The van der Waals surface area contributed by atoms with Gasteiger partial charge < -0.3 is 19.8 Å². The average molecular weight is 403 g/mol. The number of β-amino-alcohol motifs (C(OH)–C–C–N with tert-alkyl or cyclic N) is 1. The molecule has 1 aliphatic carbocycles. The van der Waals surface area contributed by atoms with Crippen molar-refractivity contribution in [1.82, 2.24) is 4.90 Å². The lowest BCUT2D eigenvalue weighted by atomic mass is 9.95. The highest BCUT2D eigenvalue weighted by molar-refractivity contribution is 5.79. The fraction of sp³-hybridized carbons (Fsp3) is 0.333. The minimum absolute atomic E-state index is 0.0110. The number of rotatable bonds is 4. The van der Waals surface area contributed by atoms with Crippen LogP contribution in [0, 0.1) is 0 Å². The lowest BCUT2D eigenvalue weighted by molar-refractivity contribution is -0.204. The maximum Gasteiger partial charge on any atom is 0.409 e. The van der Waals surface area contributed by atoms with Crippen LogP contribution < -0.4 is 0 Å². The molecule has 0 aromatic heterocycles. The Morgan fingerprint density at radius 2 is 1.66 bits per heavy atom. The molecule has 1 saturated heterocycles. The van der Waals surface area contributed by atoms with E-state index in [0.717, 1.165) is 27.2 Å². The van der Waals surface area contributed by atoms with Crippen molar-refractivity contribution >= 4 is 12.1 Å². The second kappa shape index (κ2) is 6.81. The number of aliphatic carboxylic acids is 1. The minimum Gasteiger partial charge on any atom is -0.477 e. The van der Waals surface area contributed by atoms with Gasteiger partial charge in [-0.2, -0.15) is 8.78 Å². The number of aliphatic hydroxyl groups is 1. The van der Waals surface area contributed by atoms with Gasteiger partial charge in [0.15, 0.2) is 5.60 Å². The minimum atomic E-state index is -4.36. The summed E-state index contributed by atoms with van der Waals surface area (Å²) in [5.41, 5.74) is 1.32. The average Bonchev–Trinajstić information content (AvgIpc) is 3.26. The van der Waals surface area contributed by atoms with E-state index in [9.17, 15) is 23.5 Å². The third-order valence-corrected chi connectivity index (χ3v) is 5.70. The first-order chi connectivity index (χ1) is 13.7. The summed E-state index contributed by atoms with van der Waals surface area (Å²) in [5.74, 6) is -6.96. The van der Waals surface area contributed by atoms with Crippen molar-refractivity contribution in [2.75, 3.05) is 19.7 Å². The topological polar surface area (TPSA) is 87.1 Å². The summed E-state index contributed by atoms with van der Waals surface area (Å²) < 4.78 is 33.0. The number of carboxylic acids is 1. The molecule has 0 spiro atoms. The Balaban J connectivity index is 1.47. The van der Waals surface area contributed by atoms with E-state index in [1.165, 1.54) is 0 Å². The predicted octanol–water partition coefficient (Wildman–Crippen LogP) is 3.09. The number of benzene rings is 2. The van der Waals surface area contributed by atoms with Crippen LogP contribution in [-0.2, 0) is 9.53 Å². The summed E-state index contributed by atoms with van der Waals surface area (Å²) in [6.07, 6.45) is -1.40. The number of ether oxygens (including phenoxy) is 1. The molecule has 1 fully saturated rings. The molecule has 0 bridgehead atoms. The van der Waals surface area contributed by atoms with Crippen molar-refractivity contribution in [2.45, 2.75) is 23.9 Å². The zero-order chi connectivity index (χ0) is 20.8. The molecule has 1 heterocycles. The van der Waals surface area contributed by atoms with Gasteiger partial charge in [0.1, 0.15) is 6.61 Å². The van der Waals surface area contributed by atoms with E-state index in [1.54, 1.807) is 0 Å². The Bertz CT molecular complexity index is 934. The number of halogens is 2. The van der Waals surface area contributed by atoms with Crippen LogP contribution in [-0.4, -0.2) is 58.4 Å². The molecule has 8 heteroatoms. The molecule has 2 N–H and O–H groups in total. The lowest BCUT2D eigenvalue weighted by Crippen LogP contribution is -2.55. The van der Waals surface area contributed by atoms with Crippen molar-refractivity contribution in [2.24, 2.45) is 0 Å². The molecule has 1 atom stereocenters. The van der Waals surface area contributed by atoms with E-state index in [1.807, 2.05) is 48.5 Å². The number of likely N-dealkylation sites (tertiary alicyclic amines) is 1. The largest absolute Gasteiger partial charge is 0.477 e. The molecule has 152 valence electrons. The van der Waals surface area contributed by atoms with E-state index in [2.05, 4.69) is 0 Å².